The fourth-order valence-electron chi connectivity index (χ4n) is 6.76. The Kier molecular flexibility index (Phi) is 7.06. The van der Waals surface area contributed by atoms with Crippen molar-refractivity contribution in [1.29, 1.82) is 0 Å². The number of benzene rings is 5. The molecule has 0 aliphatic rings. The molecular weight excluding hydrogens is 587 g/mol. The van der Waals surface area contributed by atoms with Gasteiger partial charge in [-0.1, -0.05) is 130 Å². The van der Waals surface area contributed by atoms with Crippen molar-refractivity contribution < 1.29 is 0 Å². The van der Waals surface area contributed by atoms with Gasteiger partial charge < -0.3 is 4.57 Å². The maximum absolute atomic E-state index is 5.20. The van der Waals surface area contributed by atoms with Gasteiger partial charge >= 0.3 is 0 Å². The maximum atomic E-state index is 5.20. The number of hydrogen-bond donors (Lipinski definition) is 0. The molecule has 0 atom stereocenters. The highest BCUT2D eigenvalue weighted by molar-refractivity contribution is 6.23. The zero-order chi connectivity index (χ0) is 33.0. The monoisotopic (exact) mass is 623 g/mol. The Bertz CT molecular complexity index is 2540. The average molecular weight is 624 g/mol. The van der Waals surface area contributed by atoms with Crippen molar-refractivity contribution in [1.82, 2.24) is 24.1 Å². The lowest BCUT2D eigenvalue weighted by molar-refractivity contribution is 0.590. The number of allylic oxidation sites excluding steroid dienone is 4. The van der Waals surface area contributed by atoms with Gasteiger partial charge in [0, 0.05) is 32.8 Å². The van der Waals surface area contributed by atoms with Crippen molar-refractivity contribution in [3.63, 3.8) is 0 Å². The van der Waals surface area contributed by atoms with Crippen LogP contribution in [0.3, 0.4) is 0 Å². The third-order valence-corrected chi connectivity index (χ3v) is 9.21. The molecule has 8 aromatic rings. The first-order chi connectivity index (χ1) is 23.3. The molecule has 5 heteroatoms. The van der Waals surface area contributed by atoms with Crippen LogP contribution in [0.25, 0.3) is 72.2 Å². The van der Waals surface area contributed by atoms with Crippen LogP contribution in [0.4, 0.5) is 0 Å². The van der Waals surface area contributed by atoms with Crippen LogP contribution >= 0.6 is 0 Å². The molecule has 0 fully saturated rings. The van der Waals surface area contributed by atoms with E-state index in [4.69, 9.17) is 15.0 Å². The molecule has 8 rings (SSSR count). The van der Waals surface area contributed by atoms with Crippen LogP contribution < -0.4 is 0 Å². The van der Waals surface area contributed by atoms with Gasteiger partial charge in [0.05, 0.1) is 22.1 Å². The molecule has 5 aromatic carbocycles. The maximum Gasteiger partial charge on any atom is 0.238 e. The van der Waals surface area contributed by atoms with Crippen LogP contribution in [0.15, 0.2) is 133 Å². The van der Waals surface area contributed by atoms with E-state index in [0.717, 1.165) is 49.7 Å². The predicted octanol–water partition coefficient (Wildman–Crippen LogP) is 11.0. The normalized spacial score (nSPS) is 12.7. The van der Waals surface area contributed by atoms with Crippen LogP contribution in [0.1, 0.15) is 46.0 Å². The van der Waals surface area contributed by atoms with Gasteiger partial charge in [-0.3, -0.25) is 4.57 Å². The van der Waals surface area contributed by atoms with Crippen molar-refractivity contribution in [2.75, 3.05) is 0 Å². The van der Waals surface area contributed by atoms with E-state index in [2.05, 4.69) is 140 Å². The lowest BCUT2D eigenvalue weighted by atomic mass is 9.87. The van der Waals surface area contributed by atoms with E-state index >= 15 is 0 Å². The van der Waals surface area contributed by atoms with Gasteiger partial charge in [0.25, 0.3) is 0 Å². The summed E-state index contributed by atoms with van der Waals surface area (Å²) < 4.78 is 4.65. The third-order valence-electron chi connectivity index (χ3n) is 9.21. The van der Waals surface area contributed by atoms with Gasteiger partial charge in [0.15, 0.2) is 11.6 Å². The molecule has 3 aromatic heterocycles. The van der Waals surface area contributed by atoms with Crippen LogP contribution in [0.5, 0.6) is 0 Å². The minimum absolute atomic E-state index is 0.0609. The van der Waals surface area contributed by atoms with E-state index in [-0.39, 0.29) is 5.41 Å². The summed E-state index contributed by atoms with van der Waals surface area (Å²) in [5.41, 5.74) is 8.79. The molecule has 3 heterocycles. The molecule has 234 valence electrons. The van der Waals surface area contributed by atoms with E-state index in [9.17, 15) is 0 Å². The fourth-order valence-corrected chi connectivity index (χ4v) is 6.76. The smallest absolute Gasteiger partial charge is 0.238 e. The number of aromatic nitrogens is 5. The largest absolute Gasteiger partial charge is 0.307 e. The second kappa shape index (κ2) is 11.5. The molecule has 0 unspecified atom stereocenters. The van der Waals surface area contributed by atoms with Crippen molar-refractivity contribution in [3.8, 4) is 23.0 Å². The zero-order valence-corrected chi connectivity index (χ0v) is 27.9. The summed E-state index contributed by atoms with van der Waals surface area (Å²) in [6.07, 6.45) is 6.09. The minimum Gasteiger partial charge on any atom is -0.307 e. The summed E-state index contributed by atoms with van der Waals surface area (Å²) in [6.45, 7) is 10.8. The van der Waals surface area contributed by atoms with Gasteiger partial charge in [-0.2, -0.15) is 9.97 Å². The summed E-state index contributed by atoms with van der Waals surface area (Å²) in [6, 6.07) is 41.0. The number of para-hydroxylation sites is 2. The van der Waals surface area contributed by atoms with E-state index in [1.807, 2.05) is 37.3 Å². The highest BCUT2D eigenvalue weighted by Gasteiger charge is 2.23. The summed E-state index contributed by atoms with van der Waals surface area (Å²) in [7, 11) is 0. The Morgan fingerprint density at radius 1 is 0.604 bits per heavy atom. The standard InChI is InChI=1S/C43H37N5/c1-6-7-15-28(2)40-44-41(29-16-9-8-10-17-29)46-42(45-40)48-37-21-14-12-19-33(37)35-27-26-34-32-18-11-13-20-36(32)47(38(34)39(35)48)31-24-22-30(23-25-31)43(3,4)5/h6-27H,1-5H3/b7-6-,28-15+. The van der Waals surface area contributed by atoms with Gasteiger partial charge in [0.1, 0.15) is 0 Å². The van der Waals surface area contributed by atoms with E-state index in [1.54, 1.807) is 0 Å². The molecule has 0 spiro atoms. The lowest BCUT2D eigenvalue weighted by Crippen LogP contribution is -2.11. The van der Waals surface area contributed by atoms with Crippen molar-refractivity contribution >= 4 is 49.2 Å². The van der Waals surface area contributed by atoms with E-state index in [1.165, 1.54) is 16.3 Å². The summed E-state index contributed by atoms with van der Waals surface area (Å²) in [5.74, 6) is 1.87. The van der Waals surface area contributed by atoms with Crippen LogP contribution in [-0.2, 0) is 5.41 Å². The molecule has 0 aliphatic heterocycles. The summed E-state index contributed by atoms with van der Waals surface area (Å²) in [5, 5.41) is 4.69. The molecular formula is C43H37N5. The number of rotatable bonds is 5. The fraction of sp³-hybridized carbons (Fsp3) is 0.140. The van der Waals surface area contributed by atoms with Crippen LogP contribution in [0, 0.1) is 0 Å². The van der Waals surface area contributed by atoms with Gasteiger partial charge in [-0.15, -0.1) is 0 Å². The molecule has 0 radical (unpaired) electrons. The van der Waals surface area contributed by atoms with Gasteiger partial charge in [0.2, 0.25) is 5.95 Å². The summed E-state index contributed by atoms with van der Waals surface area (Å²) >= 11 is 0. The number of nitrogens with zero attached hydrogens (tertiary/aromatic N) is 5. The van der Waals surface area contributed by atoms with Gasteiger partial charge in [-0.05, 0) is 54.7 Å². The Morgan fingerprint density at radius 2 is 1.19 bits per heavy atom. The highest BCUT2D eigenvalue weighted by Crippen LogP contribution is 2.41. The van der Waals surface area contributed by atoms with Crippen molar-refractivity contribution in [3.05, 3.63) is 145 Å². The molecule has 0 saturated carbocycles. The van der Waals surface area contributed by atoms with Crippen molar-refractivity contribution in [2.24, 2.45) is 0 Å². The summed E-state index contributed by atoms with van der Waals surface area (Å²) in [4.78, 5) is 15.4. The Hall–Kier alpha value is -5.81. The number of fused-ring (bicyclic) bond motifs is 7. The Balaban J connectivity index is 1.53. The minimum atomic E-state index is 0.0609. The SMILES string of the molecule is C/C=C\C=C(/C)c1nc(-c2ccccc2)nc(-n2c3ccccc3c3ccc4c5ccccc5n(-c5ccc(C(C)(C)C)cc5)c4c32)n1. The molecule has 0 N–H and O–H groups in total. The molecule has 0 bridgehead atoms. The third kappa shape index (κ3) is 4.82. The molecule has 0 aliphatic carbocycles. The lowest BCUT2D eigenvalue weighted by Gasteiger charge is -2.19. The quantitative estimate of drug-likeness (QED) is 0.179. The zero-order valence-electron chi connectivity index (χ0n) is 27.9. The molecule has 0 saturated heterocycles. The van der Waals surface area contributed by atoms with Crippen LogP contribution in [0.2, 0.25) is 0 Å². The average Bonchev–Trinajstić information content (AvgIpc) is 3.63. The number of hydrogen-bond acceptors (Lipinski definition) is 3. The topological polar surface area (TPSA) is 48.5 Å². The van der Waals surface area contributed by atoms with Gasteiger partial charge in [-0.25, -0.2) is 4.98 Å². The molecule has 0 amide bonds. The van der Waals surface area contributed by atoms with Crippen molar-refractivity contribution in [2.45, 2.75) is 40.0 Å². The second-order valence-electron chi connectivity index (χ2n) is 13.4. The first-order valence-electron chi connectivity index (χ1n) is 16.5. The van der Waals surface area contributed by atoms with E-state index < -0.39 is 0 Å². The first-order valence-corrected chi connectivity index (χ1v) is 16.5. The van der Waals surface area contributed by atoms with Crippen LogP contribution in [-0.4, -0.2) is 24.1 Å². The second-order valence-corrected chi connectivity index (χ2v) is 13.4. The van der Waals surface area contributed by atoms with E-state index in [0.29, 0.717) is 17.6 Å². The predicted molar refractivity (Wildman–Crippen MR) is 201 cm³/mol. The molecule has 5 nitrogen and oxygen atoms in total. The Morgan fingerprint density at radius 3 is 1.81 bits per heavy atom. The Labute approximate surface area is 280 Å². The highest BCUT2D eigenvalue weighted by atomic mass is 15.2. The molecule has 48 heavy (non-hydrogen) atoms. The first kappa shape index (κ1) is 29.6.